The zero-order valence-corrected chi connectivity index (χ0v) is 15.7. The third-order valence-electron chi connectivity index (χ3n) is 4.23. The number of methoxy groups -OCH3 is 1. The van der Waals surface area contributed by atoms with Gasteiger partial charge in [0.15, 0.2) is 5.82 Å². The van der Waals surface area contributed by atoms with Gasteiger partial charge in [-0.1, -0.05) is 66.0 Å². The van der Waals surface area contributed by atoms with Gasteiger partial charge < -0.3 is 4.74 Å². The molecule has 4 aromatic rings. The first-order valence-electron chi connectivity index (χ1n) is 8.44. The van der Waals surface area contributed by atoms with Crippen LogP contribution in [0.25, 0.3) is 28.5 Å². The Kier molecular flexibility index (Phi) is 4.56. The summed E-state index contributed by atoms with van der Waals surface area (Å²) in [5.41, 5.74) is 2.81. The molecule has 0 bridgehead atoms. The van der Waals surface area contributed by atoms with Crippen molar-refractivity contribution in [3.05, 3.63) is 80.6 Å². The van der Waals surface area contributed by atoms with Crippen LogP contribution < -0.4 is 14.8 Å². The molecule has 0 saturated heterocycles. The van der Waals surface area contributed by atoms with Gasteiger partial charge in [0.05, 0.1) is 11.6 Å². The molecule has 5 nitrogen and oxygen atoms in total. The average Bonchev–Trinajstić information content (AvgIpc) is 3.22. The number of thiazole rings is 1. The van der Waals surface area contributed by atoms with Crippen molar-refractivity contribution in [3.8, 4) is 17.1 Å². The molecule has 2 heterocycles. The molecule has 0 unspecified atom stereocenters. The molecule has 2 aromatic heterocycles. The average molecular weight is 375 g/mol. The number of para-hydroxylation sites is 1. The van der Waals surface area contributed by atoms with Crippen LogP contribution in [0.3, 0.4) is 0 Å². The number of ether oxygens (including phenoxy) is 1. The molecule has 0 saturated carbocycles. The molecule has 134 valence electrons. The number of rotatable bonds is 4. The van der Waals surface area contributed by atoms with Crippen LogP contribution in [0.2, 0.25) is 0 Å². The molecule has 0 atom stereocenters. The van der Waals surface area contributed by atoms with E-state index in [2.05, 4.69) is 10.1 Å². The second-order valence-electron chi connectivity index (χ2n) is 5.98. The molecule has 0 amide bonds. The quantitative estimate of drug-likeness (QED) is 0.549. The predicted octanol–water partition coefficient (Wildman–Crippen LogP) is 3.35. The first kappa shape index (κ1) is 17.2. The number of nitrogens with zero attached hydrogens (tertiary/aromatic N) is 3. The number of aryl methyl sites for hydroxylation is 1. The monoisotopic (exact) mass is 375 g/mol. The van der Waals surface area contributed by atoms with E-state index in [0.717, 1.165) is 22.4 Å². The predicted molar refractivity (Wildman–Crippen MR) is 109 cm³/mol. The molecular weight excluding hydrogens is 358 g/mol. The molecule has 4 rings (SSSR count). The summed E-state index contributed by atoms with van der Waals surface area (Å²) in [6.45, 7) is 2.00. The number of benzene rings is 2. The lowest BCUT2D eigenvalue weighted by atomic mass is 10.1. The summed E-state index contributed by atoms with van der Waals surface area (Å²) >= 11 is 1.33. The Bertz CT molecular complexity index is 1250. The Labute approximate surface area is 159 Å². The highest BCUT2D eigenvalue weighted by molar-refractivity contribution is 7.15. The number of allylic oxidation sites excluding steroid dienone is 1. The van der Waals surface area contributed by atoms with E-state index >= 15 is 0 Å². The summed E-state index contributed by atoms with van der Waals surface area (Å²) < 4.78 is 7.28. The van der Waals surface area contributed by atoms with Crippen LogP contribution in [0.4, 0.5) is 0 Å². The fourth-order valence-corrected chi connectivity index (χ4v) is 3.69. The molecule has 2 aromatic carbocycles. The van der Waals surface area contributed by atoms with Crippen molar-refractivity contribution < 1.29 is 4.74 Å². The van der Waals surface area contributed by atoms with Crippen molar-refractivity contribution in [1.82, 2.24) is 14.6 Å². The lowest BCUT2D eigenvalue weighted by Gasteiger charge is -2.02. The lowest BCUT2D eigenvalue weighted by Crippen LogP contribution is -2.23. The van der Waals surface area contributed by atoms with Crippen LogP contribution in [0.15, 0.2) is 59.4 Å². The normalized spacial score (nSPS) is 12.3. The van der Waals surface area contributed by atoms with Crippen molar-refractivity contribution in [2.45, 2.75) is 6.92 Å². The third-order valence-corrected chi connectivity index (χ3v) is 5.21. The summed E-state index contributed by atoms with van der Waals surface area (Å²) in [7, 11) is 1.64. The summed E-state index contributed by atoms with van der Waals surface area (Å²) in [5.74, 6) is 1.36. The molecule has 0 radical (unpaired) electrons. The molecule has 6 heteroatoms. The van der Waals surface area contributed by atoms with E-state index in [9.17, 15) is 4.79 Å². The van der Waals surface area contributed by atoms with E-state index in [1.165, 1.54) is 15.9 Å². The minimum absolute atomic E-state index is 0.160. The highest BCUT2D eigenvalue weighted by Gasteiger charge is 2.12. The second-order valence-corrected chi connectivity index (χ2v) is 6.99. The Hall–Kier alpha value is -3.25. The zero-order valence-electron chi connectivity index (χ0n) is 14.9. The standard InChI is InChI=1S/C21H17N3O2S/c1-14-8-3-5-11-16(14)19-22-21-24(23-19)20(25)18(27-21)13-7-10-15-9-4-6-12-17(15)26-2/h3-13H,1-2H3/b10-7-,18-13-. The van der Waals surface area contributed by atoms with E-state index in [1.807, 2.05) is 67.6 Å². The summed E-state index contributed by atoms with van der Waals surface area (Å²) in [4.78, 5) is 17.7. The largest absolute Gasteiger partial charge is 0.496 e. The Morgan fingerprint density at radius 2 is 1.89 bits per heavy atom. The maximum absolute atomic E-state index is 12.6. The van der Waals surface area contributed by atoms with Crippen LogP contribution in [-0.4, -0.2) is 21.7 Å². The first-order chi connectivity index (χ1) is 13.2. The summed E-state index contributed by atoms with van der Waals surface area (Å²) in [6, 6.07) is 15.6. The van der Waals surface area contributed by atoms with Crippen LogP contribution in [-0.2, 0) is 0 Å². The maximum atomic E-state index is 12.6. The topological polar surface area (TPSA) is 56.5 Å². The van der Waals surface area contributed by atoms with E-state index in [0.29, 0.717) is 15.3 Å². The van der Waals surface area contributed by atoms with Crippen molar-refractivity contribution in [3.63, 3.8) is 0 Å². The van der Waals surface area contributed by atoms with Crippen molar-refractivity contribution in [2.24, 2.45) is 0 Å². The number of fused-ring (bicyclic) bond motifs is 1. The minimum Gasteiger partial charge on any atom is -0.496 e. The third kappa shape index (κ3) is 3.27. The minimum atomic E-state index is -0.160. The van der Waals surface area contributed by atoms with Crippen molar-refractivity contribution in [2.75, 3.05) is 7.11 Å². The van der Waals surface area contributed by atoms with Gasteiger partial charge in [0.25, 0.3) is 5.56 Å². The van der Waals surface area contributed by atoms with Gasteiger partial charge in [0.1, 0.15) is 5.75 Å². The van der Waals surface area contributed by atoms with E-state index in [1.54, 1.807) is 13.2 Å². The second kappa shape index (κ2) is 7.17. The Morgan fingerprint density at radius 1 is 1.11 bits per heavy atom. The number of hydrogen-bond donors (Lipinski definition) is 0. The van der Waals surface area contributed by atoms with Crippen molar-refractivity contribution in [1.29, 1.82) is 0 Å². The van der Waals surface area contributed by atoms with Gasteiger partial charge in [0.2, 0.25) is 4.96 Å². The summed E-state index contributed by atoms with van der Waals surface area (Å²) in [5, 5.41) is 4.40. The first-order valence-corrected chi connectivity index (χ1v) is 9.26. The van der Waals surface area contributed by atoms with Crippen LogP contribution in [0.5, 0.6) is 5.75 Å². The molecule has 0 aliphatic rings. The summed E-state index contributed by atoms with van der Waals surface area (Å²) in [6.07, 6.45) is 5.53. The van der Waals surface area contributed by atoms with Crippen LogP contribution in [0.1, 0.15) is 11.1 Å². The fourth-order valence-electron chi connectivity index (χ4n) is 2.83. The fraction of sp³-hybridized carbons (Fsp3) is 0.0952. The van der Waals surface area contributed by atoms with Gasteiger partial charge in [-0.05, 0) is 24.6 Å². The SMILES string of the molecule is COc1ccccc1/C=C\C=c1/sc2nc(-c3ccccc3C)nn2c1=O. The van der Waals surface area contributed by atoms with Gasteiger partial charge in [0, 0.05) is 11.1 Å². The Morgan fingerprint density at radius 3 is 2.67 bits per heavy atom. The van der Waals surface area contributed by atoms with Crippen molar-refractivity contribution >= 4 is 28.4 Å². The van der Waals surface area contributed by atoms with Gasteiger partial charge in [-0.25, -0.2) is 0 Å². The molecule has 0 fully saturated rings. The molecule has 0 spiro atoms. The maximum Gasteiger partial charge on any atom is 0.291 e. The number of aromatic nitrogens is 3. The highest BCUT2D eigenvalue weighted by atomic mass is 32.1. The van der Waals surface area contributed by atoms with Gasteiger partial charge in [-0.3, -0.25) is 4.79 Å². The zero-order chi connectivity index (χ0) is 18.8. The smallest absolute Gasteiger partial charge is 0.291 e. The van der Waals surface area contributed by atoms with Crippen LogP contribution in [0, 0.1) is 6.92 Å². The molecule has 0 N–H and O–H groups in total. The highest BCUT2D eigenvalue weighted by Crippen LogP contribution is 2.20. The van der Waals surface area contributed by atoms with Crippen LogP contribution >= 0.6 is 11.3 Å². The lowest BCUT2D eigenvalue weighted by molar-refractivity contribution is 0.414. The molecule has 0 aliphatic carbocycles. The molecule has 27 heavy (non-hydrogen) atoms. The van der Waals surface area contributed by atoms with Gasteiger partial charge >= 0.3 is 0 Å². The molecule has 0 aliphatic heterocycles. The molecular formula is C21H17N3O2S. The van der Waals surface area contributed by atoms with E-state index in [4.69, 9.17) is 4.74 Å². The van der Waals surface area contributed by atoms with Gasteiger partial charge in [-0.2, -0.15) is 9.50 Å². The van der Waals surface area contributed by atoms with E-state index < -0.39 is 0 Å². The van der Waals surface area contributed by atoms with E-state index in [-0.39, 0.29) is 5.56 Å². The number of hydrogen-bond acceptors (Lipinski definition) is 5. The van der Waals surface area contributed by atoms with Gasteiger partial charge in [-0.15, -0.1) is 5.10 Å². The Balaban J connectivity index is 1.70.